The van der Waals surface area contributed by atoms with Crippen LogP contribution in [-0.4, -0.2) is 16.7 Å². The third-order valence-electron chi connectivity index (χ3n) is 5.03. The standard InChI is InChI=1S/C24H26ClN3O/c1-3-4-9-23-27-24(25)22(17-29-2)28(23)16-18-10-12-20(13-11-18)21-8-6-5-7-19(21)14-15-26/h5-8,10-13H,3-4,9,14,16-17H2,1-2H3. The van der Waals surface area contributed by atoms with Crippen molar-refractivity contribution in [1.29, 1.82) is 5.26 Å². The van der Waals surface area contributed by atoms with Crippen LogP contribution in [-0.2, 0) is 30.7 Å². The van der Waals surface area contributed by atoms with E-state index in [1.54, 1.807) is 7.11 Å². The Labute approximate surface area is 177 Å². The molecule has 5 heteroatoms. The summed E-state index contributed by atoms with van der Waals surface area (Å²) in [5.74, 6) is 1.01. The SMILES string of the molecule is CCCCc1nc(Cl)c(COC)n1Cc1ccc(-c2ccccc2CC#N)cc1. The van der Waals surface area contributed by atoms with Crippen molar-refractivity contribution in [1.82, 2.24) is 9.55 Å². The van der Waals surface area contributed by atoms with Gasteiger partial charge in [0.2, 0.25) is 0 Å². The van der Waals surface area contributed by atoms with Crippen LogP contribution < -0.4 is 0 Å². The van der Waals surface area contributed by atoms with Crippen molar-refractivity contribution in [2.75, 3.05) is 7.11 Å². The number of aromatic nitrogens is 2. The molecule has 0 aliphatic rings. The van der Waals surface area contributed by atoms with E-state index in [0.717, 1.165) is 47.5 Å². The second-order valence-electron chi connectivity index (χ2n) is 7.08. The molecule has 2 aromatic carbocycles. The second-order valence-corrected chi connectivity index (χ2v) is 7.44. The highest BCUT2D eigenvalue weighted by Crippen LogP contribution is 2.26. The van der Waals surface area contributed by atoms with E-state index in [1.807, 2.05) is 18.2 Å². The fourth-order valence-corrected chi connectivity index (χ4v) is 3.76. The lowest BCUT2D eigenvalue weighted by atomic mass is 9.97. The second kappa shape index (κ2) is 10.2. The average molecular weight is 408 g/mol. The summed E-state index contributed by atoms with van der Waals surface area (Å²) in [6, 6.07) is 18.8. The largest absolute Gasteiger partial charge is 0.378 e. The van der Waals surface area contributed by atoms with Crippen LogP contribution in [0.5, 0.6) is 0 Å². The van der Waals surface area contributed by atoms with Crippen LogP contribution in [0.3, 0.4) is 0 Å². The Morgan fingerprint density at radius 2 is 1.90 bits per heavy atom. The van der Waals surface area contributed by atoms with E-state index in [1.165, 1.54) is 5.56 Å². The smallest absolute Gasteiger partial charge is 0.153 e. The minimum absolute atomic E-state index is 0.409. The molecule has 3 rings (SSSR count). The van der Waals surface area contributed by atoms with E-state index < -0.39 is 0 Å². The number of hydrogen-bond donors (Lipinski definition) is 0. The minimum atomic E-state index is 0.409. The number of hydrogen-bond acceptors (Lipinski definition) is 3. The molecule has 0 amide bonds. The highest BCUT2D eigenvalue weighted by atomic mass is 35.5. The maximum Gasteiger partial charge on any atom is 0.153 e. The molecule has 1 aromatic heterocycles. The first-order valence-electron chi connectivity index (χ1n) is 9.94. The molecule has 0 fully saturated rings. The predicted molar refractivity (Wildman–Crippen MR) is 117 cm³/mol. The van der Waals surface area contributed by atoms with Gasteiger partial charge < -0.3 is 9.30 Å². The van der Waals surface area contributed by atoms with Crippen LogP contribution in [0, 0.1) is 11.3 Å². The molecular weight excluding hydrogens is 382 g/mol. The van der Waals surface area contributed by atoms with Crippen LogP contribution in [0.2, 0.25) is 5.15 Å². The van der Waals surface area contributed by atoms with Gasteiger partial charge in [-0.3, -0.25) is 0 Å². The molecule has 0 atom stereocenters. The number of rotatable bonds is 9. The molecule has 0 radical (unpaired) electrons. The molecule has 0 aliphatic heterocycles. The number of halogens is 1. The van der Waals surface area contributed by atoms with Crippen LogP contribution in [0.15, 0.2) is 48.5 Å². The molecule has 1 heterocycles. The van der Waals surface area contributed by atoms with E-state index in [9.17, 15) is 0 Å². The quantitative estimate of drug-likeness (QED) is 0.450. The van der Waals surface area contributed by atoms with E-state index >= 15 is 0 Å². The number of benzene rings is 2. The van der Waals surface area contributed by atoms with Gasteiger partial charge in [0.05, 0.1) is 24.8 Å². The van der Waals surface area contributed by atoms with Crippen molar-refractivity contribution >= 4 is 11.6 Å². The molecule has 150 valence electrons. The lowest BCUT2D eigenvalue weighted by Crippen LogP contribution is -2.10. The Balaban J connectivity index is 1.88. The Bertz CT molecular complexity index is 986. The van der Waals surface area contributed by atoms with E-state index in [-0.39, 0.29) is 0 Å². The number of nitriles is 1. The van der Waals surface area contributed by atoms with E-state index in [2.05, 4.69) is 52.9 Å². The molecule has 0 N–H and O–H groups in total. The lowest BCUT2D eigenvalue weighted by Gasteiger charge is -2.13. The van der Waals surface area contributed by atoms with Crippen LogP contribution in [0.25, 0.3) is 11.1 Å². The van der Waals surface area contributed by atoms with Gasteiger partial charge in [-0.15, -0.1) is 0 Å². The summed E-state index contributed by atoms with van der Waals surface area (Å²) in [5, 5.41) is 9.61. The van der Waals surface area contributed by atoms with Gasteiger partial charge >= 0.3 is 0 Å². The Morgan fingerprint density at radius 1 is 1.14 bits per heavy atom. The molecule has 0 bridgehead atoms. The third-order valence-corrected chi connectivity index (χ3v) is 5.33. The molecule has 4 nitrogen and oxygen atoms in total. The molecule has 0 unspecified atom stereocenters. The van der Waals surface area contributed by atoms with Gasteiger partial charge in [-0.2, -0.15) is 5.26 Å². The number of nitrogens with zero attached hydrogens (tertiary/aromatic N) is 3. The number of aryl methyl sites for hydroxylation is 1. The zero-order valence-corrected chi connectivity index (χ0v) is 17.7. The first-order chi connectivity index (χ1) is 14.2. The normalized spacial score (nSPS) is 10.8. The summed E-state index contributed by atoms with van der Waals surface area (Å²) in [7, 11) is 1.67. The number of unbranched alkanes of at least 4 members (excludes halogenated alkanes) is 1. The monoisotopic (exact) mass is 407 g/mol. The number of imidazole rings is 1. The highest BCUT2D eigenvalue weighted by Gasteiger charge is 2.16. The number of methoxy groups -OCH3 is 1. The first-order valence-corrected chi connectivity index (χ1v) is 10.3. The Morgan fingerprint density at radius 3 is 2.59 bits per heavy atom. The summed E-state index contributed by atoms with van der Waals surface area (Å²) in [6.45, 7) is 3.32. The van der Waals surface area contributed by atoms with Crippen LogP contribution >= 0.6 is 11.6 Å². The van der Waals surface area contributed by atoms with Crippen LogP contribution in [0.1, 0.15) is 42.4 Å². The van der Waals surface area contributed by atoms with Crippen molar-refractivity contribution in [3.8, 4) is 17.2 Å². The van der Waals surface area contributed by atoms with E-state index in [0.29, 0.717) is 24.7 Å². The summed E-state index contributed by atoms with van der Waals surface area (Å²) >= 11 is 6.39. The lowest BCUT2D eigenvalue weighted by molar-refractivity contribution is 0.178. The topological polar surface area (TPSA) is 50.8 Å². The summed E-state index contributed by atoms with van der Waals surface area (Å²) in [6.07, 6.45) is 3.50. The molecule has 0 spiro atoms. The fraction of sp³-hybridized carbons (Fsp3) is 0.333. The van der Waals surface area contributed by atoms with Gasteiger partial charge in [-0.1, -0.05) is 73.5 Å². The predicted octanol–water partition coefficient (Wildman–Crippen LogP) is 5.81. The third kappa shape index (κ3) is 5.06. The molecule has 0 saturated carbocycles. The zero-order valence-electron chi connectivity index (χ0n) is 17.0. The van der Waals surface area contributed by atoms with E-state index in [4.69, 9.17) is 21.6 Å². The fourth-order valence-electron chi connectivity index (χ4n) is 3.51. The molecular formula is C24H26ClN3O. The molecule has 3 aromatic rings. The van der Waals surface area contributed by atoms with Gasteiger partial charge in [-0.25, -0.2) is 4.98 Å². The number of ether oxygens (including phenoxy) is 1. The van der Waals surface area contributed by atoms with Gasteiger partial charge in [0.15, 0.2) is 5.15 Å². The molecule has 29 heavy (non-hydrogen) atoms. The first kappa shape index (κ1) is 21.1. The zero-order chi connectivity index (χ0) is 20.6. The van der Waals surface area contributed by atoms with Gasteiger partial charge in [-0.05, 0) is 28.7 Å². The van der Waals surface area contributed by atoms with Crippen molar-refractivity contribution in [2.45, 2.75) is 45.8 Å². The maximum absolute atomic E-state index is 9.08. The minimum Gasteiger partial charge on any atom is -0.378 e. The summed E-state index contributed by atoms with van der Waals surface area (Å²) < 4.78 is 7.53. The Hall–Kier alpha value is -2.61. The highest BCUT2D eigenvalue weighted by molar-refractivity contribution is 6.30. The summed E-state index contributed by atoms with van der Waals surface area (Å²) in [5.41, 5.74) is 5.37. The van der Waals surface area contributed by atoms with Crippen molar-refractivity contribution in [3.05, 3.63) is 76.3 Å². The van der Waals surface area contributed by atoms with Gasteiger partial charge in [0.1, 0.15) is 5.82 Å². The van der Waals surface area contributed by atoms with Gasteiger partial charge in [0, 0.05) is 20.1 Å². The van der Waals surface area contributed by atoms with Crippen molar-refractivity contribution < 1.29 is 4.74 Å². The van der Waals surface area contributed by atoms with Crippen molar-refractivity contribution in [3.63, 3.8) is 0 Å². The Kier molecular flexibility index (Phi) is 7.46. The van der Waals surface area contributed by atoms with Gasteiger partial charge in [0.25, 0.3) is 0 Å². The molecule has 0 saturated heterocycles. The average Bonchev–Trinajstić information content (AvgIpc) is 3.03. The van der Waals surface area contributed by atoms with Crippen LogP contribution in [0.4, 0.5) is 0 Å². The summed E-state index contributed by atoms with van der Waals surface area (Å²) in [4.78, 5) is 4.58. The maximum atomic E-state index is 9.08. The van der Waals surface area contributed by atoms with Crippen molar-refractivity contribution in [2.24, 2.45) is 0 Å². The molecule has 0 aliphatic carbocycles.